The normalized spacial score (nSPS) is 20.6. The molecule has 0 bridgehead atoms. The summed E-state index contributed by atoms with van der Waals surface area (Å²) in [6.45, 7) is 4.84. The van der Waals surface area contributed by atoms with E-state index in [1.54, 1.807) is 0 Å². The van der Waals surface area contributed by atoms with E-state index < -0.39 is 0 Å². The van der Waals surface area contributed by atoms with Crippen molar-refractivity contribution in [2.45, 2.75) is 26.2 Å². The van der Waals surface area contributed by atoms with Crippen LogP contribution in [0.2, 0.25) is 0 Å². The molecule has 1 fully saturated rings. The molecule has 1 nitrogen and oxygen atoms in total. The van der Waals surface area contributed by atoms with Crippen LogP contribution >= 0.6 is 0 Å². The van der Waals surface area contributed by atoms with Gasteiger partial charge in [0.05, 0.1) is 6.61 Å². The third-order valence-corrected chi connectivity index (χ3v) is 1.61. The van der Waals surface area contributed by atoms with Crippen LogP contribution in [-0.4, -0.2) is 6.61 Å². The predicted octanol–water partition coefficient (Wildman–Crippen LogP) is 1.98. The van der Waals surface area contributed by atoms with Gasteiger partial charge in [-0.1, -0.05) is 6.42 Å². The van der Waals surface area contributed by atoms with Crippen molar-refractivity contribution < 1.29 is 4.74 Å². The maximum absolute atomic E-state index is 5.11. The zero-order valence-corrected chi connectivity index (χ0v) is 5.39. The summed E-state index contributed by atoms with van der Waals surface area (Å²) in [6, 6.07) is 0. The van der Waals surface area contributed by atoms with Crippen LogP contribution in [0.25, 0.3) is 0 Å². The lowest BCUT2D eigenvalue weighted by molar-refractivity contribution is 0.144. The minimum absolute atomic E-state index is 0.787. The van der Waals surface area contributed by atoms with Gasteiger partial charge < -0.3 is 4.74 Å². The van der Waals surface area contributed by atoms with Gasteiger partial charge in [-0.2, -0.15) is 0 Å². The molecule has 0 aromatic rings. The number of hydrogen-bond donors (Lipinski definition) is 0. The molecule has 1 radical (unpaired) electrons. The van der Waals surface area contributed by atoms with E-state index in [1.165, 1.54) is 19.3 Å². The van der Waals surface area contributed by atoms with Crippen molar-refractivity contribution >= 4 is 0 Å². The molecule has 8 heavy (non-hydrogen) atoms. The Morgan fingerprint density at radius 3 is 2.75 bits per heavy atom. The summed E-state index contributed by atoms with van der Waals surface area (Å²) in [7, 11) is 0. The molecule has 0 saturated heterocycles. The first kappa shape index (κ1) is 6.09. The molecule has 1 aliphatic rings. The van der Waals surface area contributed by atoms with Gasteiger partial charge in [-0.15, -0.1) is 0 Å². The summed E-state index contributed by atoms with van der Waals surface area (Å²) in [5, 5.41) is 0. The SMILES string of the molecule is CCO[CH]C1CCC1. The van der Waals surface area contributed by atoms with Gasteiger partial charge in [0.25, 0.3) is 0 Å². The predicted molar refractivity (Wildman–Crippen MR) is 33.3 cm³/mol. The fourth-order valence-corrected chi connectivity index (χ4v) is 0.808. The largest absolute Gasteiger partial charge is 0.376 e. The molecule has 1 heteroatoms. The Morgan fingerprint density at radius 1 is 1.62 bits per heavy atom. The van der Waals surface area contributed by atoms with Crippen LogP contribution < -0.4 is 0 Å². The minimum Gasteiger partial charge on any atom is -0.376 e. The summed E-state index contributed by atoms with van der Waals surface area (Å²) >= 11 is 0. The summed E-state index contributed by atoms with van der Waals surface area (Å²) < 4.78 is 5.11. The highest BCUT2D eigenvalue weighted by Crippen LogP contribution is 2.28. The molecule has 0 spiro atoms. The maximum Gasteiger partial charge on any atom is 0.0867 e. The molecular formula is C7H13O. The molecule has 1 aliphatic carbocycles. The van der Waals surface area contributed by atoms with E-state index in [9.17, 15) is 0 Å². The smallest absolute Gasteiger partial charge is 0.0867 e. The highest BCUT2D eigenvalue weighted by atomic mass is 16.5. The average Bonchev–Trinajstić information content (AvgIpc) is 1.63. The van der Waals surface area contributed by atoms with Gasteiger partial charge in [0, 0.05) is 6.61 Å². The molecule has 0 atom stereocenters. The van der Waals surface area contributed by atoms with Gasteiger partial charge in [-0.05, 0) is 25.7 Å². The van der Waals surface area contributed by atoms with Gasteiger partial charge in [-0.25, -0.2) is 0 Å². The van der Waals surface area contributed by atoms with Crippen LogP contribution in [-0.2, 0) is 4.74 Å². The fourth-order valence-electron chi connectivity index (χ4n) is 0.808. The van der Waals surface area contributed by atoms with E-state index in [1.807, 2.05) is 13.5 Å². The topological polar surface area (TPSA) is 9.23 Å². The second-order valence-electron chi connectivity index (χ2n) is 2.28. The van der Waals surface area contributed by atoms with Gasteiger partial charge >= 0.3 is 0 Å². The molecular weight excluding hydrogens is 100 g/mol. The zero-order valence-electron chi connectivity index (χ0n) is 5.39. The molecule has 1 rings (SSSR count). The van der Waals surface area contributed by atoms with E-state index in [4.69, 9.17) is 4.74 Å². The average molecular weight is 113 g/mol. The first-order valence-corrected chi connectivity index (χ1v) is 3.38. The Bertz CT molecular complexity index is 57.4. The molecule has 0 N–H and O–H groups in total. The highest BCUT2D eigenvalue weighted by molar-refractivity contribution is 4.76. The van der Waals surface area contributed by atoms with Gasteiger partial charge in [0.1, 0.15) is 0 Å². The number of ether oxygens (including phenoxy) is 1. The summed E-state index contributed by atoms with van der Waals surface area (Å²) in [4.78, 5) is 0. The lowest BCUT2D eigenvalue weighted by Gasteiger charge is -2.23. The van der Waals surface area contributed by atoms with E-state index in [2.05, 4.69) is 0 Å². The van der Waals surface area contributed by atoms with Gasteiger partial charge in [-0.3, -0.25) is 0 Å². The monoisotopic (exact) mass is 113 g/mol. The summed E-state index contributed by atoms with van der Waals surface area (Å²) in [5.74, 6) is 0.787. The van der Waals surface area contributed by atoms with Crippen LogP contribution in [0.4, 0.5) is 0 Å². The van der Waals surface area contributed by atoms with Crippen LogP contribution in [0.1, 0.15) is 26.2 Å². The van der Waals surface area contributed by atoms with Crippen molar-refractivity contribution in [2.75, 3.05) is 6.61 Å². The third-order valence-electron chi connectivity index (χ3n) is 1.61. The van der Waals surface area contributed by atoms with Crippen LogP contribution in [0.3, 0.4) is 0 Å². The van der Waals surface area contributed by atoms with Crippen LogP contribution in [0.15, 0.2) is 0 Å². The Morgan fingerprint density at radius 2 is 2.38 bits per heavy atom. The van der Waals surface area contributed by atoms with E-state index in [0.29, 0.717) is 0 Å². The second-order valence-corrected chi connectivity index (χ2v) is 2.28. The zero-order chi connectivity index (χ0) is 5.82. The van der Waals surface area contributed by atoms with Crippen LogP contribution in [0.5, 0.6) is 0 Å². The lowest BCUT2D eigenvalue weighted by atomic mass is 9.86. The lowest BCUT2D eigenvalue weighted by Crippen LogP contribution is -2.12. The van der Waals surface area contributed by atoms with E-state index in [-0.39, 0.29) is 0 Å². The van der Waals surface area contributed by atoms with Gasteiger partial charge in [0.15, 0.2) is 0 Å². The first-order valence-electron chi connectivity index (χ1n) is 3.38. The molecule has 47 valence electrons. The summed E-state index contributed by atoms with van der Waals surface area (Å²) in [6.07, 6.45) is 4.09. The van der Waals surface area contributed by atoms with Crippen molar-refractivity contribution in [3.8, 4) is 0 Å². The third kappa shape index (κ3) is 1.48. The van der Waals surface area contributed by atoms with Crippen LogP contribution in [0, 0.1) is 12.5 Å². The molecule has 0 unspecified atom stereocenters. The van der Waals surface area contributed by atoms with Crippen molar-refractivity contribution in [1.82, 2.24) is 0 Å². The Kier molecular flexibility index (Phi) is 2.34. The van der Waals surface area contributed by atoms with Crippen molar-refractivity contribution in [2.24, 2.45) is 5.92 Å². The molecule has 0 aliphatic heterocycles. The first-order chi connectivity index (χ1) is 3.93. The standard InChI is InChI=1S/C7H13O/c1-2-8-6-7-4-3-5-7/h6-7H,2-5H2,1H3. The Hall–Kier alpha value is -0.0400. The maximum atomic E-state index is 5.11. The molecule has 0 amide bonds. The minimum atomic E-state index is 0.787. The molecule has 1 saturated carbocycles. The summed E-state index contributed by atoms with van der Waals surface area (Å²) in [5.41, 5.74) is 0. The van der Waals surface area contributed by atoms with E-state index in [0.717, 1.165) is 12.5 Å². The van der Waals surface area contributed by atoms with Crippen molar-refractivity contribution in [3.05, 3.63) is 6.61 Å². The second kappa shape index (κ2) is 3.08. The number of hydrogen-bond acceptors (Lipinski definition) is 1. The molecule has 0 aromatic heterocycles. The Balaban J connectivity index is 1.86. The molecule has 0 heterocycles. The highest BCUT2D eigenvalue weighted by Gasteiger charge is 2.16. The number of rotatable bonds is 3. The van der Waals surface area contributed by atoms with Crippen molar-refractivity contribution in [1.29, 1.82) is 0 Å². The fraction of sp³-hybridized carbons (Fsp3) is 0.857. The van der Waals surface area contributed by atoms with E-state index >= 15 is 0 Å². The Labute approximate surface area is 51.0 Å². The van der Waals surface area contributed by atoms with Gasteiger partial charge in [0.2, 0.25) is 0 Å². The molecule has 0 aromatic carbocycles. The quantitative estimate of drug-likeness (QED) is 0.543. The van der Waals surface area contributed by atoms with Crippen molar-refractivity contribution in [3.63, 3.8) is 0 Å².